The van der Waals surface area contributed by atoms with Crippen molar-refractivity contribution in [3.8, 4) is 0 Å². The number of hydrogen-bond acceptors (Lipinski definition) is 7. The van der Waals surface area contributed by atoms with Gasteiger partial charge in [-0.1, -0.05) is 132 Å². The number of nitrogens with one attached hydrogen (secondary N) is 1. The fraction of sp³-hybridized carbons (Fsp3) is 0.707. The van der Waals surface area contributed by atoms with Crippen LogP contribution in [0.5, 0.6) is 0 Å². The molecule has 51 heavy (non-hydrogen) atoms. The maximum Gasteiger partial charge on any atom is 0.472 e. The summed E-state index contributed by atoms with van der Waals surface area (Å²) in [5.74, 6) is -0.546. The largest absolute Gasteiger partial charge is 0.472 e. The average Bonchev–Trinajstić information content (AvgIpc) is 3.11. The molecule has 0 spiro atoms. The highest BCUT2D eigenvalue weighted by atomic mass is 31.2. The smallest absolute Gasteiger partial charge is 0.463 e. The molecule has 0 aliphatic carbocycles. The van der Waals surface area contributed by atoms with Gasteiger partial charge in [0.05, 0.1) is 13.2 Å². The summed E-state index contributed by atoms with van der Waals surface area (Å²) in [6.07, 6.45) is 42.9. The quantitative estimate of drug-likeness (QED) is 0.0251. The third kappa shape index (κ3) is 38.8. The Labute approximate surface area is 310 Å². The molecular weight excluding hydrogens is 665 g/mol. The molecule has 0 aromatic carbocycles. The van der Waals surface area contributed by atoms with Gasteiger partial charge in [0.1, 0.15) is 12.7 Å². The first-order valence-electron chi connectivity index (χ1n) is 19.8. The van der Waals surface area contributed by atoms with Gasteiger partial charge in [-0.15, -0.1) is 0 Å². The third-order valence-corrected chi connectivity index (χ3v) is 8.90. The van der Waals surface area contributed by atoms with Crippen molar-refractivity contribution in [3.05, 3.63) is 60.8 Å². The maximum atomic E-state index is 12.1. The van der Waals surface area contributed by atoms with Crippen molar-refractivity contribution in [2.75, 3.05) is 26.4 Å². The number of esters is 1. The number of allylic oxidation sites excluding steroid dienone is 10. The van der Waals surface area contributed by atoms with Crippen molar-refractivity contribution in [2.24, 2.45) is 0 Å². The molecule has 0 saturated carbocycles. The van der Waals surface area contributed by atoms with E-state index in [4.69, 9.17) is 13.8 Å². The van der Waals surface area contributed by atoms with E-state index in [1.54, 1.807) is 0 Å². The van der Waals surface area contributed by atoms with Crippen LogP contribution in [0.2, 0.25) is 0 Å². The molecule has 1 amide bonds. The summed E-state index contributed by atoms with van der Waals surface area (Å²) in [6.45, 7) is 3.33. The van der Waals surface area contributed by atoms with E-state index >= 15 is 0 Å². The zero-order valence-electron chi connectivity index (χ0n) is 32.0. The fourth-order valence-corrected chi connectivity index (χ4v) is 5.72. The van der Waals surface area contributed by atoms with Crippen LogP contribution in [0.4, 0.5) is 0 Å². The molecule has 0 aromatic heterocycles. The van der Waals surface area contributed by atoms with E-state index in [0.717, 1.165) is 103 Å². The number of amides is 1. The van der Waals surface area contributed by atoms with E-state index in [1.165, 1.54) is 25.7 Å². The fourth-order valence-electron chi connectivity index (χ4n) is 4.96. The van der Waals surface area contributed by atoms with Gasteiger partial charge < -0.3 is 20.1 Å². The Kier molecular flexibility index (Phi) is 35.8. The van der Waals surface area contributed by atoms with E-state index in [9.17, 15) is 24.2 Å². The zero-order valence-corrected chi connectivity index (χ0v) is 32.9. The van der Waals surface area contributed by atoms with Gasteiger partial charge >= 0.3 is 13.8 Å². The van der Waals surface area contributed by atoms with Gasteiger partial charge in [0, 0.05) is 19.4 Å². The predicted octanol–water partition coefficient (Wildman–Crippen LogP) is 10.5. The van der Waals surface area contributed by atoms with Crippen LogP contribution in [0.15, 0.2) is 60.8 Å². The van der Waals surface area contributed by atoms with Gasteiger partial charge in [0.25, 0.3) is 0 Å². The highest BCUT2D eigenvalue weighted by Gasteiger charge is 2.23. The van der Waals surface area contributed by atoms with Crippen LogP contribution < -0.4 is 5.32 Å². The second-order valence-electron chi connectivity index (χ2n) is 12.9. The number of unbranched alkanes of at least 4 members (excludes halogenated alkanes) is 13. The molecule has 2 unspecified atom stereocenters. The summed E-state index contributed by atoms with van der Waals surface area (Å²) in [5, 5.41) is 12.7. The highest BCUT2D eigenvalue weighted by molar-refractivity contribution is 7.47. The van der Waals surface area contributed by atoms with Gasteiger partial charge in [-0.05, 0) is 70.6 Å². The Morgan fingerprint density at radius 3 is 1.69 bits per heavy atom. The van der Waals surface area contributed by atoms with E-state index < -0.39 is 26.5 Å². The van der Waals surface area contributed by atoms with Gasteiger partial charge in [-0.2, -0.15) is 0 Å². The van der Waals surface area contributed by atoms with Crippen LogP contribution in [0, 0.1) is 0 Å². The molecule has 0 heterocycles. The van der Waals surface area contributed by atoms with Crippen LogP contribution >= 0.6 is 7.82 Å². The topological polar surface area (TPSA) is 131 Å². The zero-order chi connectivity index (χ0) is 37.5. The Hall–Kier alpha value is -2.29. The molecule has 2 atom stereocenters. The molecule has 0 saturated heterocycles. The number of phosphoric ester groups is 1. The monoisotopic (exact) mass is 737 g/mol. The van der Waals surface area contributed by atoms with Crippen molar-refractivity contribution >= 4 is 19.7 Å². The first-order valence-corrected chi connectivity index (χ1v) is 21.3. The molecule has 10 heteroatoms. The summed E-state index contributed by atoms with van der Waals surface area (Å²) in [6, 6.07) is 0. The Morgan fingerprint density at radius 2 is 1.12 bits per heavy atom. The molecule has 0 rings (SSSR count). The minimum Gasteiger partial charge on any atom is -0.463 e. The number of ether oxygens (including phenoxy) is 1. The molecule has 0 fully saturated rings. The number of carbonyl (C=O) groups excluding carboxylic acids is 2. The van der Waals surface area contributed by atoms with Crippen molar-refractivity contribution < 1.29 is 37.9 Å². The molecule has 0 bridgehead atoms. The molecule has 3 N–H and O–H groups in total. The first-order chi connectivity index (χ1) is 24.8. The summed E-state index contributed by atoms with van der Waals surface area (Å²) in [5.41, 5.74) is 0. The van der Waals surface area contributed by atoms with Crippen LogP contribution in [0.3, 0.4) is 0 Å². The Morgan fingerprint density at radius 1 is 0.627 bits per heavy atom. The SMILES string of the molecule is CC/C=C\C/C=C\C/C=C\CCCCCCCCCC(=O)OCC(O)COP(=O)(O)OCCNC(=O)CCCCCCC/C=C\C/C=C\CCC. The van der Waals surface area contributed by atoms with Crippen LogP contribution in [-0.4, -0.2) is 54.3 Å². The van der Waals surface area contributed by atoms with E-state index in [2.05, 4.69) is 79.9 Å². The molecule has 0 aliphatic heterocycles. The van der Waals surface area contributed by atoms with Gasteiger partial charge in [0.15, 0.2) is 0 Å². The summed E-state index contributed by atoms with van der Waals surface area (Å²) in [7, 11) is -4.42. The molecule has 0 aliphatic rings. The van der Waals surface area contributed by atoms with Crippen molar-refractivity contribution in [1.29, 1.82) is 0 Å². The second-order valence-corrected chi connectivity index (χ2v) is 14.3. The van der Waals surface area contributed by atoms with Crippen LogP contribution in [0.1, 0.15) is 155 Å². The number of rotatable bonds is 36. The normalized spacial score (nSPS) is 14.0. The van der Waals surface area contributed by atoms with Crippen molar-refractivity contribution in [3.63, 3.8) is 0 Å². The number of carbonyl (C=O) groups is 2. The molecule has 0 aromatic rings. The van der Waals surface area contributed by atoms with E-state index in [-0.39, 0.29) is 32.1 Å². The molecule has 9 nitrogen and oxygen atoms in total. The third-order valence-electron chi connectivity index (χ3n) is 7.91. The summed E-state index contributed by atoms with van der Waals surface area (Å²) in [4.78, 5) is 33.8. The number of phosphoric acid groups is 1. The van der Waals surface area contributed by atoms with Crippen molar-refractivity contribution in [2.45, 2.75) is 161 Å². The standard InChI is InChI=1S/C41H72NO8P/c1-3-5-7-9-11-13-15-17-18-19-20-22-24-26-28-30-32-34-41(45)48-37-39(43)38-50-51(46,47)49-36-35-42-40(44)33-31-29-27-25-23-21-16-14-12-10-8-6-4-2/h5,7-8,10-11,13-14,16-18,39,43H,3-4,6,9,12,15,19-38H2,1-2H3,(H,42,44)(H,46,47)/b7-5-,10-8-,13-11-,16-14-,18-17-. The predicted molar refractivity (Wildman–Crippen MR) is 210 cm³/mol. The highest BCUT2D eigenvalue weighted by Crippen LogP contribution is 2.42. The second kappa shape index (κ2) is 37.5. The summed E-state index contributed by atoms with van der Waals surface area (Å²) < 4.78 is 26.8. The molecule has 0 radical (unpaired) electrons. The minimum absolute atomic E-state index is 0.0701. The maximum absolute atomic E-state index is 12.1. The Bertz CT molecular complexity index is 1020. The minimum atomic E-state index is -4.42. The summed E-state index contributed by atoms with van der Waals surface area (Å²) >= 11 is 0. The number of aliphatic hydroxyl groups excluding tert-OH is 1. The van der Waals surface area contributed by atoms with Gasteiger partial charge in [-0.25, -0.2) is 4.57 Å². The number of hydrogen-bond donors (Lipinski definition) is 3. The lowest BCUT2D eigenvalue weighted by atomic mass is 10.1. The first kappa shape index (κ1) is 48.7. The molecule has 294 valence electrons. The lowest BCUT2D eigenvalue weighted by molar-refractivity contribution is -0.147. The Balaban J connectivity index is 3.66. The van der Waals surface area contributed by atoms with Gasteiger partial charge in [-0.3, -0.25) is 18.6 Å². The van der Waals surface area contributed by atoms with Crippen LogP contribution in [-0.2, 0) is 27.9 Å². The van der Waals surface area contributed by atoms with E-state index in [1.807, 2.05) is 0 Å². The molecular formula is C41H72NO8P. The van der Waals surface area contributed by atoms with E-state index in [0.29, 0.717) is 6.42 Å². The van der Waals surface area contributed by atoms with Crippen LogP contribution in [0.25, 0.3) is 0 Å². The lowest BCUT2D eigenvalue weighted by Gasteiger charge is -2.15. The average molecular weight is 738 g/mol. The van der Waals surface area contributed by atoms with Gasteiger partial charge in [0.2, 0.25) is 5.91 Å². The lowest BCUT2D eigenvalue weighted by Crippen LogP contribution is -2.27. The number of aliphatic hydroxyl groups is 1. The van der Waals surface area contributed by atoms with Crippen molar-refractivity contribution in [1.82, 2.24) is 5.32 Å².